The number of carbonyl (C=O) groups is 1. The van der Waals surface area contributed by atoms with Gasteiger partial charge in [0.1, 0.15) is 0 Å². The van der Waals surface area contributed by atoms with Crippen molar-refractivity contribution in [3.05, 3.63) is 29.6 Å². The molecule has 1 heterocycles. The number of hydrogen-bond acceptors (Lipinski definition) is 2. The molecule has 1 amide bonds. The van der Waals surface area contributed by atoms with E-state index in [1.165, 1.54) is 6.07 Å². The van der Waals surface area contributed by atoms with Gasteiger partial charge in [-0.2, -0.15) is 0 Å². The second-order valence-corrected chi connectivity index (χ2v) is 2.82. The third kappa shape index (κ3) is 5.67. The van der Waals surface area contributed by atoms with Gasteiger partial charge in [-0.25, -0.2) is 0 Å². The molecule has 8 heteroatoms. The van der Waals surface area contributed by atoms with Gasteiger partial charge in [0.15, 0.2) is 0 Å². The van der Waals surface area contributed by atoms with E-state index in [4.69, 9.17) is 5.73 Å². The zero-order valence-electron chi connectivity index (χ0n) is 8.08. The van der Waals surface area contributed by atoms with Gasteiger partial charge in [0.2, 0.25) is 5.91 Å². The Morgan fingerprint density at radius 2 is 2.00 bits per heavy atom. The number of halogens is 3. The van der Waals surface area contributed by atoms with Crippen LogP contribution in [-0.4, -0.2) is 17.9 Å². The molecule has 0 radical (unpaired) electrons. The minimum absolute atomic E-state index is 0. The average molecular weight is 242 g/mol. The zero-order valence-corrected chi connectivity index (χ0v) is 11.2. The molecule has 0 saturated carbocycles. The van der Waals surface area contributed by atoms with Gasteiger partial charge in [-0.1, -0.05) is 0 Å². The van der Waals surface area contributed by atoms with Crippen LogP contribution in [0.4, 0.5) is 12.9 Å². The van der Waals surface area contributed by atoms with Crippen LogP contribution in [0.1, 0.15) is 16.1 Å². The SMILES string of the molecule is NC(=O)c1ccc(C[B-](F)(F)F)nc1.[K+]. The van der Waals surface area contributed by atoms with Crippen molar-refractivity contribution in [3.63, 3.8) is 0 Å². The van der Waals surface area contributed by atoms with Crippen molar-refractivity contribution in [3.8, 4) is 0 Å². The summed E-state index contributed by atoms with van der Waals surface area (Å²) < 4.78 is 35.8. The number of rotatable bonds is 3. The average Bonchev–Trinajstić information content (AvgIpc) is 2.02. The number of carbonyl (C=O) groups excluding carboxylic acids is 1. The van der Waals surface area contributed by atoms with Crippen LogP contribution in [0.3, 0.4) is 0 Å². The summed E-state index contributed by atoms with van der Waals surface area (Å²) in [5, 5.41) is 0. The molecule has 1 aromatic rings. The van der Waals surface area contributed by atoms with E-state index < -0.39 is 19.2 Å². The molecule has 0 spiro atoms. The van der Waals surface area contributed by atoms with Crippen LogP contribution in [0, 0.1) is 0 Å². The molecule has 0 fully saturated rings. The second kappa shape index (κ2) is 6.00. The maximum atomic E-state index is 11.9. The third-order valence-electron chi connectivity index (χ3n) is 1.55. The first-order valence-corrected chi connectivity index (χ1v) is 3.84. The van der Waals surface area contributed by atoms with E-state index in [0.29, 0.717) is 0 Å². The molecule has 1 rings (SSSR count). The molecule has 2 N–H and O–H groups in total. The number of pyridine rings is 1. The van der Waals surface area contributed by atoms with Gasteiger partial charge in [-0.05, 0) is 18.5 Å². The van der Waals surface area contributed by atoms with Crippen LogP contribution in [0.15, 0.2) is 18.3 Å². The molecule has 0 saturated heterocycles. The van der Waals surface area contributed by atoms with Crippen LogP contribution in [-0.2, 0) is 6.32 Å². The van der Waals surface area contributed by atoms with Gasteiger partial charge >= 0.3 is 58.4 Å². The van der Waals surface area contributed by atoms with Crippen LogP contribution in [0.2, 0.25) is 0 Å². The van der Waals surface area contributed by atoms with Crippen molar-refractivity contribution in [2.24, 2.45) is 5.73 Å². The number of aromatic nitrogens is 1. The Bertz CT molecular complexity index is 341. The minimum Gasteiger partial charge on any atom is -0.449 e. The van der Waals surface area contributed by atoms with E-state index in [-0.39, 0.29) is 62.6 Å². The molecular formula is C7H7BF3KN2O. The number of nitrogens with zero attached hydrogens (tertiary/aromatic N) is 1. The predicted molar refractivity (Wildman–Crippen MR) is 45.5 cm³/mol. The summed E-state index contributed by atoms with van der Waals surface area (Å²) in [6.07, 6.45) is -0.00146. The van der Waals surface area contributed by atoms with Crippen molar-refractivity contribution in [2.45, 2.75) is 6.32 Å². The molecule has 15 heavy (non-hydrogen) atoms. The Morgan fingerprint density at radius 3 is 2.33 bits per heavy atom. The normalized spacial score (nSPS) is 10.6. The first-order valence-electron chi connectivity index (χ1n) is 3.84. The summed E-state index contributed by atoms with van der Waals surface area (Å²) >= 11 is 0. The zero-order chi connectivity index (χ0) is 10.8. The summed E-state index contributed by atoms with van der Waals surface area (Å²) in [5.74, 6) is -0.707. The van der Waals surface area contributed by atoms with Gasteiger partial charge in [0, 0.05) is 11.9 Å². The van der Waals surface area contributed by atoms with Gasteiger partial charge in [0.05, 0.1) is 5.56 Å². The Hall–Kier alpha value is 0.111. The molecule has 0 aliphatic carbocycles. The first kappa shape index (κ1) is 15.1. The van der Waals surface area contributed by atoms with Crippen LogP contribution < -0.4 is 57.1 Å². The van der Waals surface area contributed by atoms with Crippen molar-refractivity contribution in [1.29, 1.82) is 0 Å². The van der Waals surface area contributed by atoms with E-state index in [1.807, 2.05) is 0 Å². The van der Waals surface area contributed by atoms with Crippen LogP contribution >= 0.6 is 0 Å². The van der Waals surface area contributed by atoms with E-state index >= 15 is 0 Å². The van der Waals surface area contributed by atoms with E-state index in [2.05, 4.69) is 4.98 Å². The van der Waals surface area contributed by atoms with Crippen LogP contribution in [0.25, 0.3) is 0 Å². The number of amides is 1. The van der Waals surface area contributed by atoms with E-state index in [1.54, 1.807) is 0 Å². The third-order valence-corrected chi connectivity index (χ3v) is 1.55. The summed E-state index contributed by atoms with van der Waals surface area (Å²) in [4.78, 5) is 14.0. The Morgan fingerprint density at radius 1 is 1.40 bits per heavy atom. The fraction of sp³-hybridized carbons (Fsp3) is 0.143. The molecule has 1 aromatic heterocycles. The molecule has 3 nitrogen and oxygen atoms in total. The maximum Gasteiger partial charge on any atom is 1.00 e. The van der Waals surface area contributed by atoms with E-state index in [9.17, 15) is 17.7 Å². The van der Waals surface area contributed by atoms with E-state index in [0.717, 1.165) is 12.3 Å². The monoisotopic (exact) mass is 242 g/mol. The number of hydrogen-bond donors (Lipinski definition) is 1. The molecule has 0 aliphatic heterocycles. The number of primary amides is 1. The predicted octanol–water partition coefficient (Wildman–Crippen LogP) is -1.89. The quantitative estimate of drug-likeness (QED) is 0.630. The largest absolute Gasteiger partial charge is 1.00 e. The van der Waals surface area contributed by atoms with Crippen molar-refractivity contribution < 1.29 is 69.1 Å². The molecule has 0 aromatic carbocycles. The topological polar surface area (TPSA) is 56.0 Å². The Labute approximate surface area is 127 Å². The summed E-state index contributed by atoms with van der Waals surface area (Å²) in [7, 11) is 0. The maximum absolute atomic E-state index is 11.9. The standard InChI is InChI=1S/C7H7BF3N2O.K/c9-8(10,11)3-6-2-1-5(4-13-6)7(12)14;/h1-2,4H,3H2,(H2,12,14);/q-1;+1. The molecule has 0 aliphatic rings. The molecule has 0 unspecified atom stereocenters. The number of nitrogens with two attached hydrogens (primary N) is 1. The van der Waals surface area contributed by atoms with Gasteiger partial charge in [-0.15, -0.1) is 0 Å². The smallest absolute Gasteiger partial charge is 0.449 e. The van der Waals surface area contributed by atoms with Gasteiger partial charge in [0.25, 0.3) is 0 Å². The van der Waals surface area contributed by atoms with Crippen molar-refractivity contribution in [1.82, 2.24) is 4.98 Å². The first-order chi connectivity index (χ1) is 6.38. The molecular weight excluding hydrogens is 235 g/mol. The minimum atomic E-state index is -4.89. The Kier molecular flexibility index (Phi) is 6.04. The summed E-state index contributed by atoms with van der Waals surface area (Å²) in [6.45, 7) is -4.89. The molecule has 76 valence electrons. The Balaban J connectivity index is 0.00000196. The second-order valence-electron chi connectivity index (χ2n) is 2.82. The molecule has 0 bridgehead atoms. The summed E-state index contributed by atoms with van der Waals surface area (Å²) in [6, 6.07) is 2.38. The van der Waals surface area contributed by atoms with Gasteiger partial charge < -0.3 is 18.7 Å². The van der Waals surface area contributed by atoms with Crippen LogP contribution in [0.5, 0.6) is 0 Å². The molecule has 0 atom stereocenters. The summed E-state index contributed by atoms with van der Waals surface area (Å²) in [5.41, 5.74) is 4.89. The fourth-order valence-electron chi connectivity index (χ4n) is 0.928. The fourth-order valence-corrected chi connectivity index (χ4v) is 0.928. The van der Waals surface area contributed by atoms with Crippen molar-refractivity contribution >= 4 is 12.9 Å². The van der Waals surface area contributed by atoms with Gasteiger partial charge in [-0.3, -0.25) is 9.78 Å². The van der Waals surface area contributed by atoms with Crippen molar-refractivity contribution in [2.75, 3.05) is 0 Å².